The molecule has 0 amide bonds. The maximum Gasteiger partial charge on any atom is 0.262 e. The number of pyridine rings is 4. The molecule has 4 heterocycles. The van der Waals surface area contributed by atoms with Gasteiger partial charge in [0.05, 0.1) is 12.0 Å². The van der Waals surface area contributed by atoms with Crippen molar-refractivity contribution in [2.75, 3.05) is 17.2 Å². The molecule has 4 rings (SSSR count). The minimum absolute atomic E-state index is 0.112. The zero-order valence-corrected chi connectivity index (χ0v) is 19.3. The number of fused-ring (bicyclic) bond motifs is 1. The van der Waals surface area contributed by atoms with Crippen LogP contribution in [0, 0.1) is 6.92 Å². The van der Waals surface area contributed by atoms with E-state index < -0.39 is 0 Å². The molecule has 0 fully saturated rings. The van der Waals surface area contributed by atoms with Gasteiger partial charge in [-0.3, -0.25) is 9.78 Å². The van der Waals surface area contributed by atoms with Crippen LogP contribution in [0.4, 0.5) is 17.5 Å². The maximum absolute atomic E-state index is 13.1. The molecule has 0 aliphatic heterocycles. The lowest BCUT2D eigenvalue weighted by Gasteiger charge is -2.23. The lowest BCUT2D eigenvalue weighted by atomic mass is 10.1. The highest BCUT2D eigenvalue weighted by Crippen LogP contribution is 2.27. The first-order valence-corrected chi connectivity index (χ1v) is 10.8. The predicted molar refractivity (Wildman–Crippen MR) is 132 cm³/mol. The van der Waals surface area contributed by atoms with E-state index in [2.05, 4.69) is 20.6 Å². The number of hydrogen-bond acceptors (Lipinski definition) is 7. The summed E-state index contributed by atoms with van der Waals surface area (Å²) in [6.45, 7) is 8.11. The van der Waals surface area contributed by atoms with Crippen LogP contribution in [0.5, 0.6) is 0 Å². The van der Waals surface area contributed by atoms with Crippen LogP contribution in [-0.4, -0.2) is 36.8 Å². The molecular weight excluding hydrogens is 416 g/mol. The molecule has 3 N–H and O–H groups in total. The second-order valence-corrected chi connectivity index (χ2v) is 8.97. The van der Waals surface area contributed by atoms with Crippen LogP contribution < -0.4 is 16.2 Å². The summed E-state index contributed by atoms with van der Waals surface area (Å²) in [5, 5.41) is 17.2. The average Bonchev–Trinajstić information content (AvgIpc) is 2.75. The average molecular weight is 445 g/mol. The molecule has 4 aromatic heterocycles. The van der Waals surface area contributed by atoms with Gasteiger partial charge in [-0.15, -0.1) is 0 Å². The molecule has 4 aromatic rings. The summed E-state index contributed by atoms with van der Waals surface area (Å²) < 4.78 is 1.49. The van der Waals surface area contributed by atoms with Gasteiger partial charge < -0.3 is 20.3 Å². The topological polar surface area (TPSA) is 105 Å². The van der Waals surface area contributed by atoms with Crippen molar-refractivity contribution in [3.63, 3.8) is 0 Å². The molecule has 0 atom stereocenters. The number of aryl methyl sites for hydroxylation is 1. The molecule has 0 spiro atoms. The highest BCUT2D eigenvalue weighted by molar-refractivity contribution is 5.93. The Balaban J connectivity index is 1.76. The van der Waals surface area contributed by atoms with Crippen molar-refractivity contribution < 1.29 is 5.11 Å². The Morgan fingerprint density at radius 2 is 1.73 bits per heavy atom. The van der Waals surface area contributed by atoms with Crippen molar-refractivity contribution in [2.24, 2.45) is 0 Å². The SMILES string of the molecule is Cc1cc(-c2ccnc(Nc3cc4ccn(CCO)c(=O)c4c(NC(C)(C)C)n3)c2)ccn1. The number of aliphatic hydroxyl groups is 1. The summed E-state index contributed by atoms with van der Waals surface area (Å²) in [7, 11) is 0. The third-order valence-electron chi connectivity index (χ3n) is 5.04. The van der Waals surface area contributed by atoms with Crippen LogP contribution in [0.25, 0.3) is 21.9 Å². The number of hydrogen-bond donors (Lipinski definition) is 3. The van der Waals surface area contributed by atoms with Crippen molar-refractivity contribution in [2.45, 2.75) is 39.8 Å². The van der Waals surface area contributed by atoms with E-state index in [0.29, 0.717) is 22.8 Å². The van der Waals surface area contributed by atoms with Crippen molar-refractivity contribution in [3.05, 3.63) is 71.0 Å². The van der Waals surface area contributed by atoms with Crippen LogP contribution >= 0.6 is 0 Å². The largest absolute Gasteiger partial charge is 0.395 e. The van der Waals surface area contributed by atoms with Gasteiger partial charge in [0.25, 0.3) is 5.56 Å². The van der Waals surface area contributed by atoms with Gasteiger partial charge in [-0.1, -0.05) is 0 Å². The first-order chi connectivity index (χ1) is 15.7. The molecule has 0 saturated heterocycles. The second kappa shape index (κ2) is 8.99. The molecule has 8 heteroatoms. The summed E-state index contributed by atoms with van der Waals surface area (Å²) >= 11 is 0. The van der Waals surface area contributed by atoms with Crippen LogP contribution in [0.2, 0.25) is 0 Å². The van der Waals surface area contributed by atoms with Gasteiger partial charge in [0.1, 0.15) is 17.5 Å². The highest BCUT2D eigenvalue weighted by atomic mass is 16.3. The van der Waals surface area contributed by atoms with E-state index in [1.54, 1.807) is 18.6 Å². The predicted octanol–water partition coefficient (Wildman–Crippen LogP) is 4.11. The van der Waals surface area contributed by atoms with Crippen molar-refractivity contribution in [1.82, 2.24) is 19.5 Å². The van der Waals surface area contributed by atoms with E-state index in [0.717, 1.165) is 22.2 Å². The standard InChI is InChI=1S/C25H28N6O2/c1-16-13-17(5-8-26-16)18-6-9-27-20(14-18)28-21-15-19-7-10-31(11-12-32)24(33)22(19)23(29-21)30-25(2,3)4/h5-10,13-15,32H,11-12H2,1-4H3,(H2,27,28,29,30). The third-order valence-corrected chi connectivity index (χ3v) is 5.04. The summed E-state index contributed by atoms with van der Waals surface area (Å²) in [5.74, 6) is 1.70. The minimum atomic E-state index is -0.306. The Labute approximate surface area is 192 Å². The second-order valence-electron chi connectivity index (χ2n) is 8.97. The van der Waals surface area contributed by atoms with Gasteiger partial charge in [-0.2, -0.15) is 0 Å². The fourth-order valence-corrected chi connectivity index (χ4v) is 3.63. The number of aromatic nitrogens is 4. The third kappa shape index (κ3) is 5.18. The molecule has 0 aromatic carbocycles. The Morgan fingerprint density at radius 1 is 1.00 bits per heavy atom. The Bertz CT molecular complexity index is 1360. The van der Waals surface area contributed by atoms with Gasteiger partial charge in [-0.25, -0.2) is 9.97 Å². The fourth-order valence-electron chi connectivity index (χ4n) is 3.63. The maximum atomic E-state index is 13.1. The minimum Gasteiger partial charge on any atom is -0.395 e. The summed E-state index contributed by atoms with van der Waals surface area (Å²) in [6.07, 6.45) is 5.23. The number of rotatable bonds is 6. The summed E-state index contributed by atoms with van der Waals surface area (Å²) in [4.78, 5) is 26.5. The Kier molecular flexibility index (Phi) is 6.11. The molecule has 33 heavy (non-hydrogen) atoms. The number of nitrogens with zero attached hydrogens (tertiary/aromatic N) is 4. The molecule has 0 unspecified atom stereocenters. The van der Waals surface area contributed by atoms with E-state index in [9.17, 15) is 9.90 Å². The van der Waals surface area contributed by atoms with Crippen molar-refractivity contribution >= 4 is 28.2 Å². The molecule has 0 aliphatic rings. The van der Waals surface area contributed by atoms with E-state index in [1.807, 2.05) is 64.1 Å². The quantitative estimate of drug-likeness (QED) is 0.411. The van der Waals surface area contributed by atoms with Gasteiger partial charge in [0, 0.05) is 36.4 Å². The van der Waals surface area contributed by atoms with Gasteiger partial charge in [0.2, 0.25) is 0 Å². The first-order valence-electron chi connectivity index (χ1n) is 10.8. The fraction of sp³-hybridized carbons (Fsp3) is 0.280. The van der Waals surface area contributed by atoms with E-state index in [1.165, 1.54) is 4.57 Å². The molecule has 0 saturated carbocycles. The van der Waals surface area contributed by atoms with E-state index in [-0.39, 0.29) is 24.2 Å². The number of nitrogens with one attached hydrogen (secondary N) is 2. The Hall–Kier alpha value is -3.78. The monoisotopic (exact) mass is 444 g/mol. The summed E-state index contributed by atoms with van der Waals surface area (Å²) in [6, 6.07) is 11.6. The van der Waals surface area contributed by atoms with E-state index in [4.69, 9.17) is 4.98 Å². The van der Waals surface area contributed by atoms with Crippen LogP contribution in [0.3, 0.4) is 0 Å². The van der Waals surface area contributed by atoms with Crippen LogP contribution in [0.1, 0.15) is 26.5 Å². The number of aliphatic hydroxyl groups excluding tert-OH is 1. The smallest absolute Gasteiger partial charge is 0.262 e. The van der Waals surface area contributed by atoms with E-state index >= 15 is 0 Å². The molecule has 0 bridgehead atoms. The lowest BCUT2D eigenvalue weighted by Crippen LogP contribution is -2.29. The zero-order valence-electron chi connectivity index (χ0n) is 19.3. The van der Waals surface area contributed by atoms with Gasteiger partial charge in [0.15, 0.2) is 0 Å². The molecule has 0 radical (unpaired) electrons. The van der Waals surface area contributed by atoms with Crippen molar-refractivity contribution in [3.8, 4) is 11.1 Å². The van der Waals surface area contributed by atoms with Crippen molar-refractivity contribution in [1.29, 1.82) is 0 Å². The van der Waals surface area contributed by atoms with Crippen LogP contribution in [0.15, 0.2) is 59.8 Å². The Morgan fingerprint density at radius 3 is 2.42 bits per heavy atom. The van der Waals surface area contributed by atoms with Crippen LogP contribution in [-0.2, 0) is 6.54 Å². The van der Waals surface area contributed by atoms with Gasteiger partial charge in [-0.05, 0) is 80.6 Å². The highest BCUT2D eigenvalue weighted by Gasteiger charge is 2.17. The molecular formula is C25H28N6O2. The lowest BCUT2D eigenvalue weighted by molar-refractivity contribution is 0.274. The molecule has 170 valence electrons. The number of anilines is 3. The molecule has 8 nitrogen and oxygen atoms in total. The zero-order chi connectivity index (χ0) is 23.6. The summed E-state index contributed by atoms with van der Waals surface area (Å²) in [5.41, 5.74) is 2.51. The molecule has 0 aliphatic carbocycles. The first kappa shape index (κ1) is 22.4. The van der Waals surface area contributed by atoms with Gasteiger partial charge >= 0.3 is 0 Å². The normalized spacial score (nSPS) is 11.5.